The molecule has 2 aromatic heterocycles. The third kappa shape index (κ3) is 4.60. The van der Waals surface area contributed by atoms with Crippen LogP contribution in [0.2, 0.25) is 0 Å². The summed E-state index contributed by atoms with van der Waals surface area (Å²) in [5.74, 6) is 0.903. The highest BCUT2D eigenvalue weighted by Crippen LogP contribution is 2.40. The Bertz CT molecular complexity index is 3030. The molecule has 0 spiro atoms. The van der Waals surface area contributed by atoms with Gasteiger partial charge in [0.25, 0.3) is 0 Å². The van der Waals surface area contributed by atoms with Gasteiger partial charge in [0.2, 0.25) is 0 Å². The van der Waals surface area contributed by atoms with Crippen molar-refractivity contribution in [3.8, 4) is 5.69 Å². The van der Waals surface area contributed by atoms with Gasteiger partial charge < -0.3 is 9.88 Å². The minimum atomic E-state index is -0.244. The van der Waals surface area contributed by atoms with E-state index in [1.807, 2.05) is 11.3 Å². The molecule has 2 unspecified atom stereocenters. The van der Waals surface area contributed by atoms with E-state index in [1.165, 1.54) is 69.1 Å². The SMILES string of the molecule is c1ccc(C2NC(c3cccc4c3sc3ccccc34)=NC(c3ccc(-n4c5cc6ccccc6cc5c5c6ccccc6ccc54)cc3)N2)cc1. The van der Waals surface area contributed by atoms with Crippen molar-refractivity contribution < 1.29 is 0 Å². The van der Waals surface area contributed by atoms with Crippen molar-refractivity contribution in [2.75, 3.05) is 0 Å². The lowest BCUT2D eigenvalue weighted by Crippen LogP contribution is -2.44. The van der Waals surface area contributed by atoms with Crippen molar-refractivity contribution in [3.63, 3.8) is 0 Å². The molecule has 8 aromatic carbocycles. The van der Waals surface area contributed by atoms with Gasteiger partial charge in [-0.15, -0.1) is 11.3 Å². The Morgan fingerprint density at radius 1 is 0.519 bits per heavy atom. The van der Waals surface area contributed by atoms with E-state index in [4.69, 9.17) is 4.99 Å². The van der Waals surface area contributed by atoms with Crippen LogP contribution in [0.4, 0.5) is 0 Å². The van der Waals surface area contributed by atoms with E-state index in [9.17, 15) is 0 Å². The first-order valence-electron chi connectivity index (χ1n) is 17.8. The number of fused-ring (bicyclic) bond motifs is 9. The Morgan fingerprint density at radius 3 is 2.08 bits per heavy atom. The lowest BCUT2D eigenvalue weighted by atomic mass is 10.0. The van der Waals surface area contributed by atoms with Gasteiger partial charge in [-0.3, -0.25) is 5.32 Å². The number of nitrogens with one attached hydrogen (secondary N) is 2. The largest absolute Gasteiger partial charge is 0.350 e. The zero-order valence-electron chi connectivity index (χ0n) is 28.1. The first-order valence-corrected chi connectivity index (χ1v) is 18.6. The molecule has 0 radical (unpaired) electrons. The number of rotatable bonds is 4. The van der Waals surface area contributed by atoms with Crippen molar-refractivity contribution in [1.82, 2.24) is 15.2 Å². The number of hydrogen-bond acceptors (Lipinski definition) is 4. The summed E-state index contributed by atoms with van der Waals surface area (Å²) in [6, 6.07) is 61.4. The predicted molar refractivity (Wildman–Crippen MR) is 220 cm³/mol. The molecule has 3 heterocycles. The molecule has 11 rings (SSSR count). The Hall–Kier alpha value is -6.27. The van der Waals surface area contributed by atoms with Crippen molar-refractivity contribution >= 4 is 80.7 Å². The van der Waals surface area contributed by atoms with Crippen molar-refractivity contribution in [1.29, 1.82) is 0 Å². The fraction of sp³-hybridized carbons (Fsp3) is 0.0426. The average Bonchev–Trinajstić information content (AvgIpc) is 3.76. The Kier molecular flexibility index (Phi) is 6.59. The third-order valence-corrected chi connectivity index (χ3v) is 11.9. The van der Waals surface area contributed by atoms with Crippen LogP contribution in [0.1, 0.15) is 29.0 Å². The van der Waals surface area contributed by atoms with Crippen LogP contribution >= 0.6 is 11.3 Å². The van der Waals surface area contributed by atoms with Crippen LogP contribution in [-0.4, -0.2) is 10.4 Å². The standard InChI is InChI=1S/C47H32N4S/c1-2-12-30(13-3-1)45-48-46(50-47(49-45)38-19-10-18-37-36-17-8-9-20-42(36)52-44(37)38)31-21-24-34(25-22-31)51-40-26-23-29-11-6-7-16-35(29)43(40)39-27-32-14-4-5-15-33(32)28-41(39)51/h1-28,45-46,48H,(H,49,50). The number of amidine groups is 1. The van der Waals surface area contributed by atoms with Gasteiger partial charge in [0.05, 0.1) is 11.0 Å². The minimum Gasteiger partial charge on any atom is -0.350 e. The normalized spacial score (nSPS) is 16.3. The van der Waals surface area contributed by atoms with Gasteiger partial charge in [-0.05, 0) is 75.1 Å². The maximum absolute atomic E-state index is 5.37. The molecular formula is C47H32N4S. The quantitative estimate of drug-likeness (QED) is 0.194. The summed E-state index contributed by atoms with van der Waals surface area (Å²) < 4.78 is 4.97. The van der Waals surface area contributed by atoms with E-state index in [0.29, 0.717) is 0 Å². The monoisotopic (exact) mass is 684 g/mol. The van der Waals surface area contributed by atoms with E-state index in [2.05, 4.69) is 185 Å². The molecule has 10 aromatic rings. The second-order valence-corrected chi connectivity index (χ2v) is 14.7. The summed E-state index contributed by atoms with van der Waals surface area (Å²) >= 11 is 1.84. The van der Waals surface area contributed by atoms with E-state index >= 15 is 0 Å². The van der Waals surface area contributed by atoms with Crippen LogP contribution in [-0.2, 0) is 0 Å². The summed E-state index contributed by atoms with van der Waals surface area (Å²) in [6.07, 6.45) is -0.354. The van der Waals surface area contributed by atoms with Crippen LogP contribution in [0.15, 0.2) is 175 Å². The van der Waals surface area contributed by atoms with Crippen LogP contribution in [0, 0.1) is 0 Å². The fourth-order valence-corrected chi connectivity index (χ4v) is 9.39. The molecule has 2 N–H and O–H groups in total. The van der Waals surface area contributed by atoms with Crippen LogP contribution in [0.5, 0.6) is 0 Å². The number of aliphatic imine (C=N–C) groups is 1. The second kappa shape index (κ2) is 11.6. The number of aromatic nitrogens is 1. The zero-order chi connectivity index (χ0) is 34.2. The first kappa shape index (κ1) is 29.5. The summed E-state index contributed by atoms with van der Waals surface area (Å²) in [5.41, 5.74) is 6.96. The molecule has 0 saturated carbocycles. The Balaban J connectivity index is 1.06. The molecule has 0 fully saturated rings. The fourth-order valence-electron chi connectivity index (χ4n) is 8.17. The van der Waals surface area contributed by atoms with Gasteiger partial charge in [-0.25, -0.2) is 4.99 Å². The van der Waals surface area contributed by atoms with Crippen molar-refractivity contribution in [3.05, 3.63) is 187 Å². The average molecular weight is 685 g/mol. The number of benzene rings is 8. The van der Waals surface area contributed by atoms with E-state index < -0.39 is 0 Å². The maximum Gasteiger partial charge on any atom is 0.133 e. The highest BCUT2D eigenvalue weighted by molar-refractivity contribution is 7.26. The topological polar surface area (TPSA) is 41.4 Å². The molecule has 5 heteroatoms. The summed E-state index contributed by atoms with van der Waals surface area (Å²) in [7, 11) is 0. The second-order valence-electron chi connectivity index (χ2n) is 13.6. The molecular weight excluding hydrogens is 653 g/mol. The van der Waals surface area contributed by atoms with E-state index in [-0.39, 0.29) is 12.3 Å². The lowest BCUT2D eigenvalue weighted by molar-refractivity contribution is 0.409. The van der Waals surface area contributed by atoms with Gasteiger partial charge in [0, 0.05) is 42.2 Å². The molecule has 1 aliphatic rings. The number of hydrogen-bond donors (Lipinski definition) is 2. The summed E-state index contributed by atoms with van der Waals surface area (Å²) in [4.78, 5) is 5.37. The summed E-state index contributed by atoms with van der Waals surface area (Å²) in [6.45, 7) is 0. The van der Waals surface area contributed by atoms with Crippen LogP contribution < -0.4 is 10.6 Å². The number of thiophene rings is 1. The van der Waals surface area contributed by atoms with Crippen molar-refractivity contribution in [2.45, 2.75) is 12.3 Å². The Morgan fingerprint density at radius 2 is 1.23 bits per heavy atom. The molecule has 1 aliphatic heterocycles. The number of nitrogens with zero attached hydrogens (tertiary/aromatic N) is 2. The molecule has 0 bridgehead atoms. The molecule has 2 atom stereocenters. The highest BCUT2D eigenvalue weighted by atomic mass is 32.1. The van der Waals surface area contributed by atoms with Gasteiger partial charge in [0.15, 0.2) is 0 Å². The van der Waals surface area contributed by atoms with E-state index in [0.717, 1.165) is 22.6 Å². The molecule has 52 heavy (non-hydrogen) atoms. The van der Waals surface area contributed by atoms with Crippen LogP contribution in [0.25, 0.3) is 69.2 Å². The van der Waals surface area contributed by atoms with Gasteiger partial charge in [-0.1, -0.05) is 127 Å². The maximum atomic E-state index is 5.37. The molecule has 4 nitrogen and oxygen atoms in total. The van der Waals surface area contributed by atoms with Crippen LogP contribution in [0.3, 0.4) is 0 Å². The summed E-state index contributed by atoms with van der Waals surface area (Å²) in [5, 5.41) is 17.7. The molecule has 0 saturated heterocycles. The molecule has 246 valence electrons. The third-order valence-electron chi connectivity index (χ3n) is 10.6. The van der Waals surface area contributed by atoms with E-state index in [1.54, 1.807) is 0 Å². The van der Waals surface area contributed by atoms with Gasteiger partial charge in [-0.2, -0.15) is 0 Å². The zero-order valence-corrected chi connectivity index (χ0v) is 28.9. The molecule has 0 amide bonds. The van der Waals surface area contributed by atoms with Gasteiger partial charge in [0.1, 0.15) is 18.2 Å². The minimum absolute atomic E-state index is 0.109. The van der Waals surface area contributed by atoms with Crippen molar-refractivity contribution in [2.24, 2.45) is 4.99 Å². The van der Waals surface area contributed by atoms with Gasteiger partial charge >= 0.3 is 0 Å². The smallest absolute Gasteiger partial charge is 0.133 e. The highest BCUT2D eigenvalue weighted by Gasteiger charge is 2.27. The molecule has 0 aliphatic carbocycles. The first-order chi connectivity index (χ1) is 25.8. The predicted octanol–water partition coefficient (Wildman–Crippen LogP) is 11.8. The Labute approximate surface area is 304 Å². The lowest BCUT2D eigenvalue weighted by Gasteiger charge is -2.32.